The molecule has 0 saturated heterocycles. The Hall–Kier alpha value is -1.85. The molecule has 0 aromatic carbocycles. The van der Waals surface area contributed by atoms with Gasteiger partial charge in [0.1, 0.15) is 0 Å². The summed E-state index contributed by atoms with van der Waals surface area (Å²) in [5.74, 6) is -4.65. The summed E-state index contributed by atoms with van der Waals surface area (Å²) in [6.45, 7) is 0. The molecule has 0 spiro atoms. The van der Waals surface area contributed by atoms with Crippen LogP contribution in [-0.4, -0.2) is 35.2 Å². The van der Waals surface area contributed by atoms with Crippen molar-refractivity contribution in [2.75, 3.05) is 7.11 Å². The Kier molecular flexibility index (Phi) is 4.25. The Morgan fingerprint density at radius 2 is 1.82 bits per heavy atom. The van der Waals surface area contributed by atoms with Crippen LogP contribution >= 0.6 is 0 Å². The van der Waals surface area contributed by atoms with Crippen LogP contribution in [0.1, 0.15) is 19.3 Å². The normalized spacial score (nSPS) is 26.5. The van der Waals surface area contributed by atoms with Gasteiger partial charge in [-0.1, -0.05) is 5.57 Å². The predicted octanol–water partition coefficient (Wildman–Crippen LogP) is 0.671. The average molecular weight is 242 g/mol. The van der Waals surface area contributed by atoms with E-state index < -0.39 is 29.7 Å². The molecule has 0 heterocycles. The lowest BCUT2D eigenvalue weighted by Gasteiger charge is -2.26. The summed E-state index contributed by atoms with van der Waals surface area (Å²) < 4.78 is 4.44. The van der Waals surface area contributed by atoms with Crippen molar-refractivity contribution in [1.82, 2.24) is 0 Å². The number of ether oxygens (including phenoxy) is 1. The van der Waals surface area contributed by atoms with Crippen LogP contribution in [0.15, 0.2) is 11.6 Å². The summed E-state index contributed by atoms with van der Waals surface area (Å²) in [4.78, 5) is 32.9. The molecule has 0 aromatic heterocycles. The van der Waals surface area contributed by atoms with Gasteiger partial charge in [-0.15, -0.1) is 0 Å². The molecule has 1 rings (SSSR count). The van der Waals surface area contributed by atoms with Gasteiger partial charge in [-0.25, -0.2) is 4.79 Å². The first-order valence-corrected chi connectivity index (χ1v) is 5.18. The minimum Gasteiger partial charge on any atom is -0.481 e. The van der Waals surface area contributed by atoms with Gasteiger partial charge in [0, 0.05) is 6.08 Å². The standard InChI is InChI=1S/C11H14O6/c1-17-9(12)5-6-2-3-7(10(13)14)8(4-6)11(15)16/h5,7-8H,2-4H2,1H3,(H,13,14)(H,15,16)/t7-,8-/m0/s1. The van der Waals surface area contributed by atoms with Gasteiger partial charge < -0.3 is 14.9 Å². The third kappa shape index (κ3) is 3.30. The highest BCUT2D eigenvalue weighted by Crippen LogP contribution is 2.34. The zero-order valence-corrected chi connectivity index (χ0v) is 9.38. The summed E-state index contributed by atoms with van der Waals surface area (Å²) in [6.07, 6.45) is 1.97. The SMILES string of the molecule is COC(=O)C=C1CC[C@H](C(=O)O)[C@@H](C(=O)O)C1. The Labute approximate surface area is 97.9 Å². The molecular formula is C11H14O6. The first kappa shape index (κ1) is 13.2. The molecule has 1 fully saturated rings. The van der Waals surface area contributed by atoms with Crippen LogP contribution in [0.3, 0.4) is 0 Å². The Morgan fingerprint density at radius 3 is 2.29 bits per heavy atom. The Bertz CT molecular complexity index is 370. The molecular weight excluding hydrogens is 228 g/mol. The monoisotopic (exact) mass is 242 g/mol. The molecule has 1 aliphatic rings. The number of carbonyl (C=O) groups is 3. The molecule has 0 radical (unpaired) electrons. The van der Waals surface area contributed by atoms with Gasteiger partial charge in [0.15, 0.2) is 0 Å². The smallest absolute Gasteiger partial charge is 0.330 e. The van der Waals surface area contributed by atoms with E-state index in [4.69, 9.17) is 10.2 Å². The lowest BCUT2D eigenvalue weighted by atomic mass is 9.76. The maximum Gasteiger partial charge on any atom is 0.330 e. The number of carbonyl (C=O) groups excluding carboxylic acids is 1. The third-order valence-electron chi connectivity index (χ3n) is 2.90. The van der Waals surface area contributed by atoms with Crippen molar-refractivity contribution >= 4 is 17.9 Å². The molecule has 6 nitrogen and oxygen atoms in total. The van der Waals surface area contributed by atoms with Crippen LogP contribution in [0, 0.1) is 11.8 Å². The fraction of sp³-hybridized carbons (Fsp3) is 0.545. The Morgan fingerprint density at radius 1 is 1.24 bits per heavy atom. The minimum absolute atomic E-state index is 0.0847. The number of hydrogen-bond donors (Lipinski definition) is 2. The van der Waals surface area contributed by atoms with E-state index in [1.807, 2.05) is 0 Å². The van der Waals surface area contributed by atoms with E-state index in [0.717, 1.165) is 0 Å². The lowest BCUT2D eigenvalue weighted by molar-refractivity contribution is -0.154. The van der Waals surface area contributed by atoms with Gasteiger partial charge in [-0.05, 0) is 19.3 Å². The maximum absolute atomic E-state index is 11.0. The number of carboxylic acid groups (broad SMARTS) is 2. The maximum atomic E-state index is 11.0. The number of hydrogen-bond acceptors (Lipinski definition) is 4. The van der Waals surface area contributed by atoms with E-state index in [9.17, 15) is 14.4 Å². The predicted molar refractivity (Wildman–Crippen MR) is 56.2 cm³/mol. The van der Waals surface area contributed by atoms with Crippen LogP contribution in [-0.2, 0) is 19.1 Å². The second-order valence-electron chi connectivity index (χ2n) is 3.96. The van der Waals surface area contributed by atoms with Crippen LogP contribution in [0.5, 0.6) is 0 Å². The summed E-state index contributed by atoms with van der Waals surface area (Å²) in [5, 5.41) is 17.9. The number of carboxylic acids is 2. The summed E-state index contributed by atoms with van der Waals surface area (Å²) in [7, 11) is 1.23. The van der Waals surface area contributed by atoms with E-state index in [0.29, 0.717) is 12.0 Å². The molecule has 1 aliphatic carbocycles. The minimum atomic E-state index is -1.15. The lowest BCUT2D eigenvalue weighted by Crippen LogP contribution is -2.33. The Balaban J connectivity index is 2.82. The van der Waals surface area contributed by atoms with Gasteiger partial charge in [-0.3, -0.25) is 9.59 Å². The summed E-state index contributed by atoms with van der Waals surface area (Å²) in [5.41, 5.74) is 0.627. The zero-order chi connectivity index (χ0) is 13.0. The molecule has 94 valence electrons. The van der Waals surface area contributed by atoms with E-state index in [2.05, 4.69) is 4.74 Å². The van der Waals surface area contributed by atoms with E-state index in [-0.39, 0.29) is 12.8 Å². The van der Waals surface area contributed by atoms with Crippen LogP contribution in [0.25, 0.3) is 0 Å². The molecule has 2 N–H and O–H groups in total. The second-order valence-corrected chi connectivity index (χ2v) is 3.96. The number of methoxy groups -OCH3 is 1. The van der Waals surface area contributed by atoms with Gasteiger partial charge in [-0.2, -0.15) is 0 Å². The number of rotatable bonds is 3. The molecule has 6 heteroatoms. The highest BCUT2D eigenvalue weighted by Gasteiger charge is 2.37. The molecule has 0 aliphatic heterocycles. The molecule has 17 heavy (non-hydrogen) atoms. The van der Waals surface area contributed by atoms with E-state index >= 15 is 0 Å². The van der Waals surface area contributed by atoms with Gasteiger partial charge in [0.25, 0.3) is 0 Å². The molecule has 1 saturated carbocycles. The van der Waals surface area contributed by atoms with E-state index in [1.165, 1.54) is 13.2 Å². The first-order valence-electron chi connectivity index (χ1n) is 5.18. The van der Waals surface area contributed by atoms with Crippen molar-refractivity contribution in [2.24, 2.45) is 11.8 Å². The van der Waals surface area contributed by atoms with Gasteiger partial charge in [0.05, 0.1) is 18.9 Å². The fourth-order valence-corrected chi connectivity index (χ4v) is 1.98. The number of aliphatic carboxylic acids is 2. The topological polar surface area (TPSA) is 101 Å². The van der Waals surface area contributed by atoms with E-state index in [1.54, 1.807) is 0 Å². The van der Waals surface area contributed by atoms with Crippen molar-refractivity contribution in [2.45, 2.75) is 19.3 Å². The molecule has 0 bridgehead atoms. The van der Waals surface area contributed by atoms with Crippen LogP contribution in [0.4, 0.5) is 0 Å². The average Bonchev–Trinajstić information content (AvgIpc) is 2.28. The van der Waals surface area contributed by atoms with Gasteiger partial charge >= 0.3 is 17.9 Å². The number of allylic oxidation sites excluding steroid dienone is 1. The second kappa shape index (κ2) is 5.47. The summed E-state index contributed by atoms with van der Waals surface area (Å²) in [6, 6.07) is 0. The van der Waals surface area contributed by atoms with Crippen LogP contribution in [0.2, 0.25) is 0 Å². The molecule has 0 aromatic rings. The highest BCUT2D eigenvalue weighted by atomic mass is 16.5. The molecule has 0 unspecified atom stereocenters. The quantitative estimate of drug-likeness (QED) is 0.557. The number of esters is 1. The third-order valence-corrected chi connectivity index (χ3v) is 2.90. The van der Waals surface area contributed by atoms with Crippen molar-refractivity contribution in [3.63, 3.8) is 0 Å². The largest absolute Gasteiger partial charge is 0.481 e. The molecule has 0 amide bonds. The highest BCUT2D eigenvalue weighted by molar-refractivity contribution is 5.84. The summed E-state index contributed by atoms with van der Waals surface area (Å²) >= 11 is 0. The van der Waals surface area contributed by atoms with Gasteiger partial charge in [0.2, 0.25) is 0 Å². The first-order chi connectivity index (χ1) is 7.95. The molecule has 2 atom stereocenters. The fourth-order valence-electron chi connectivity index (χ4n) is 1.98. The van der Waals surface area contributed by atoms with Crippen molar-refractivity contribution < 1.29 is 29.3 Å². The van der Waals surface area contributed by atoms with Crippen molar-refractivity contribution in [3.05, 3.63) is 11.6 Å². The van der Waals surface area contributed by atoms with Crippen LogP contribution < -0.4 is 0 Å². The zero-order valence-electron chi connectivity index (χ0n) is 9.38. The van der Waals surface area contributed by atoms with Crippen molar-refractivity contribution in [3.8, 4) is 0 Å². The van der Waals surface area contributed by atoms with Crippen molar-refractivity contribution in [1.29, 1.82) is 0 Å².